The van der Waals surface area contributed by atoms with Gasteiger partial charge in [0.1, 0.15) is 0 Å². The van der Waals surface area contributed by atoms with E-state index < -0.39 is 23.7 Å². The van der Waals surface area contributed by atoms with Crippen molar-refractivity contribution < 1.29 is 23.6 Å². The van der Waals surface area contributed by atoms with Crippen LogP contribution in [0.4, 0.5) is 0 Å². The SMILES string of the molecule is O=C(ON1C(=O)c2ccccc2C1=O)c1nnc(-c2ccncc2)o1. The number of hydroxylamine groups is 2. The molecule has 2 amide bonds. The molecule has 9 heteroatoms. The van der Waals surface area contributed by atoms with Crippen molar-refractivity contribution >= 4 is 17.8 Å². The molecule has 3 aromatic rings. The summed E-state index contributed by atoms with van der Waals surface area (Å²) in [6.45, 7) is 0. The number of fused-ring (bicyclic) bond motifs is 1. The van der Waals surface area contributed by atoms with Crippen LogP contribution in [0.2, 0.25) is 0 Å². The van der Waals surface area contributed by atoms with Gasteiger partial charge in [0.25, 0.3) is 11.8 Å². The first-order valence-electron chi connectivity index (χ1n) is 7.09. The lowest BCUT2D eigenvalue weighted by Gasteiger charge is -2.10. The van der Waals surface area contributed by atoms with E-state index in [2.05, 4.69) is 15.2 Å². The number of carbonyl (C=O) groups is 3. The summed E-state index contributed by atoms with van der Waals surface area (Å²) in [5, 5.41) is 7.68. The van der Waals surface area contributed by atoms with E-state index in [1.807, 2.05) is 0 Å². The molecule has 0 bridgehead atoms. The van der Waals surface area contributed by atoms with E-state index in [1.54, 1.807) is 24.3 Å². The fraction of sp³-hybridized carbons (Fsp3) is 0. The zero-order valence-corrected chi connectivity index (χ0v) is 12.4. The number of rotatable bonds is 3. The van der Waals surface area contributed by atoms with E-state index in [4.69, 9.17) is 9.25 Å². The zero-order chi connectivity index (χ0) is 17.4. The summed E-state index contributed by atoms with van der Waals surface area (Å²) < 4.78 is 5.22. The van der Waals surface area contributed by atoms with Crippen LogP contribution >= 0.6 is 0 Å². The summed E-state index contributed by atoms with van der Waals surface area (Å²) in [5.74, 6) is -2.98. The number of hydrogen-bond donors (Lipinski definition) is 0. The number of amides is 2. The molecule has 0 atom stereocenters. The van der Waals surface area contributed by atoms with Gasteiger partial charge in [-0.3, -0.25) is 14.6 Å². The second-order valence-electron chi connectivity index (χ2n) is 4.98. The topological polar surface area (TPSA) is 115 Å². The van der Waals surface area contributed by atoms with E-state index in [0.717, 1.165) is 0 Å². The molecular formula is C16H8N4O5. The minimum Gasteiger partial charge on any atom is -0.411 e. The number of benzene rings is 1. The fourth-order valence-corrected chi connectivity index (χ4v) is 2.29. The Kier molecular flexibility index (Phi) is 3.31. The maximum absolute atomic E-state index is 12.2. The number of hydrogen-bond acceptors (Lipinski definition) is 8. The van der Waals surface area contributed by atoms with Crippen LogP contribution in [0.3, 0.4) is 0 Å². The molecule has 1 aliphatic rings. The summed E-state index contributed by atoms with van der Waals surface area (Å²) in [6, 6.07) is 9.39. The Hall–Kier alpha value is -3.88. The predicted octanol–water partition coefficient (Wildman–Crippen LogP) is 1.50. The predicted molar refractivity (Wildman–Crippen MR) is 79.9 cm³/mol. The number of aromatic nitrogens is 3. The Balaban J connectivity index is 1.55. The number of nitrogens with zero attached hydrogens (tertiary/aromatic N) is 4. The quantitative estimate of drug-likeness (QED) is 0.661. The largest absolute Gasteiger partial charge is 0.421 e. The molecule has 9 nitrogen and oxygen atoms in total. The Morgan fingerprint density at radius 2 is 1.60 bits per heavy atom. The van der Waals surface area contributed by atoms with Crippen molar-refractivity contribution in [2.45, 2.75) is 0 Å². The van der Waals surface area contributed by atoms with E-state index in [1.165, 1.54) is 24.5 Å². The minimum absolute atomic E-state index is 0.0803. The lowest BCUT2D eigenvalue weighted by atomic mass is 10.1. The Morgan fingerprint density at radius 3 is 2.24 bits per heavy atom. The first-order chi connectivity index (χ1) is 12.1. The van der Waals surface area contributed by atoms with Crippen molar-refractivity contribution in [3.63, 3.8) is 0 Å². The average Bonchev–Trinajstić information content (AvgIpc) is 3.23. The van der Waals surface area contributed by atoms with Crippen LogP contribution < -0.4 is 0 Å². The van der Waals surface area contributed by atoms with Crippen molar-refractivity contribution in [3.8, 4) is 11.5 Å². The molecule has 3 heterocycles. The molecule has 25 heavy (non-hydrogen) atoms. The van der Waals surface area contributed by atoms with Gasteiger partial charge in [-0.25, -0.2) is 4.79 Å². The van der Waals surface area contributed by atoms with Gasteiger partial charge in [-0.05, 0) is 24.3 Å². The van der Waals surface area contributed by atoms with Gasteiger partial charge in [0, 0.05) is 18.0 Å². The van der Waals surface area contributed by atoms with Gasteiger partial charge in [-0.1, -0.05) is 17.2 Å². The van der Waals surface area contributed by atoms with Crippen molar-refractivity contribution in [1.29, 1.82) is 0 Å². The molecule has 0 fully saturated rings. The van der Waals surface area contributed by atoms with Gasteiger partial charge >= 0.3 is 11.9 Å². The third kappa shape index (κ3) is 2.43. The van der Waals surface area contributed by atoms with Gasteiger partial charge in [-0.2, -0.15) is 0 Å². The molecule has 0 N–H and O–H groups in total. The van der Waals surface area contributed by atoms with E-state index in [9.17, 15) is 14.4 Å². The molecular weight excluding hydrogens is 328 g/mol. The van der Waals surface area contributed by atoms with Gasteiger partial charge in [0.15, 0.2) is 0 Å². The number of pyridine rings is 1. The maximum Gasteiger partial charge on any atom is 0.421 e. The summed E-state index contributed by atoms with van der Waals surface area (Å²) >= 11 is 0. The van der Waals surface area contributed by atoms with Crippen molar-refractivity contribution in [3.05, 3.63) is 65.8 Å². The molecule has 1 aliphatic heterocycles. The average molecular weight is 336 g/mol. The molecule has 0 radical (unpaired) electrons. The van der Waals surface area contributed by atoms with Crippen LogP contribution in [0.15, 0.2) is 53.2 Å². The van der Waals surface area contributed by atoms with Gasteiger partial charge in [0.05, 0.1) is 11.1 Å². The first kappa shape index (κ1) is 14.7. The molecule has 122 valence electrons. The lowest BCUT2D eigenvalue weighted by molar-refractivity contribution is -0.0608. The van der Waals surface area contributed by atoms with Gasteiger partial charge < -0.3 is 9.25 Å². The summed E-state index contributed by atoms with van der Waals surface area (Å²) in [4.78, 5) is 45.1. The van der Waals surface area contributed by atoms with Gasteiger partial charge in [0.2, 0.25) is 5.89 Å². The third-order valence-corrected chi connectivity index (χ3v) is 3.46. The first-order valence-corrected chi connectivity index (χ1v) is 7.09. The molecule has 0 saturated carbocycles. The number of imide groups is 1. The zero-order valence-electron chi connectivity index (χ0n) is 12.4. The normalized spacial score (nSPS) is 13.0. The van der Waals surface area contributed by atoms with Gasteiger partial charge in [-0.15, -0.1) is 10.2 Å². The molecule has 1 aromatic carbocycles. The van der Waals surface area contributed by atoms with Crippen molar-refractivity contribution in [1.82, 2.24) is 20.2 Å². The van der Waals surface area contributed by atoms with Crippen LogP contribution in [0.5, 0.6) is 0 Å². The fourth-order valence-electron chi connectivity index (χ4n) is 2.29. The van der Waals surface area contributed by atoms with E-state index in [0.29, 0.717) is 10.6 Å². The standard InChI is InChI=1S/C16H8N4O5/c21-14-10-3-1-2-4-11(10)15(22)20(14)25-16(23)13-19-18-12(24-13)9-5-7-17-8-6-9/h1-8H. The second-order valence-corrected chi connectivity index (χ2v) is 4.98. The summed E-state index contributed by atoms with van der Waals surface area (Å²) in [6.07, 6.45) is 3.05. The molecule has 0 saturated heterocycles. The molecule has 0 spiro atoms. The maximum atomic E-state index is 12.2. The van der Waals surface area contributed by atoms with E-state index >= 15 is 0 Å². The lowest BCUT2D eigenvalue weighted by Crippen LogP contribution is -2.32. The second kappa shape index (κ2) is 5.64. The summed E-state index contributed by atoms with van der Waals surface area (Å²) in [5.41, 5.74) is 0.869. The van der Waals surface area contributed by atoms with Crippen LogP contribution in [-0.4, -0.2) is 38.0 Å². The highest BCUT2D eigenvalue weighted by Gasteiger charge is 2.39. The van der Waals surface area contributed by atoms with Crippen molar-refractivity contribution in [2.24, 2.45) is 0 Å². The summed E-state index contributed by atoms with van der Waals surface area (Å²) in [7, 11) is 0. The van der Waals surface area contributed by atoms with Crippen molar-refractivity contribution in [2.75, 3.05) is 0 Å². The van der Waals surface area contributed by atoms with Crippen LogP contribution in [0, 0.1) is 0 Å². The molecule has 2 aromatic heterocycles. The Morgan fingerprint density at radius 1 is 0.960 bits per heavy atom. The van der Waals surface area contributed by atoms with Crippen LogP contribution in [-0.2, 0) is 4.84 Å². The third-order valence-electron chi connectivity index (χ3n) is 3.46. The van der Waals surface area contributed by atoms with E-state index in [-0.39, 0.29) is 17.0 Å². The molecule has 0 unspecified atom stereocenters. The van der Waals surface area contributed by atoms with Crippen LogP contribution in [0.25, 0.3) is 11.5 Å². The molecule has 4 rings (SSSR count). The smallest absolute Gasteiger partial charge is 0.411 e. The highest BCUT2D eigenvalue weighted by Crippen LogP contribution is 2.23. The Bertz CT molecular complexity index is 964. The number of carbonyl (C=O) groups excluding carboxylic acids is 3. The monoisotopic (exact) mass is 336 g/mol. The highest BCUT2D eigenvalue weighted by atomic mass is 16.7. The van der Waals surface area contributed by atoms with Crippen LogP contribution in [0.1, 0.15) is 31.4 Å². The molecule has 0 aliphatic carbocycles. The Labute approximate surface area is 139 Å². The minimum atomic E-state index is -1.11. The highest BCUT2D eigenvalue weighted by molar-refractivity contribution is 6.21.